The Bertz CT molecular complexity index is 1100. The van der Waals surface area contributed by atoms with Gasteiger partial charge in [0.2, 0.25) is 0 Å². The zero-order valence-corrected chi connectivity index (χ0v) is 16.8. The summed E-state index contributed by atoms with van der Waals surface area (Å²) in [6, 6.07) is 12.2. The van der Waals surface area contributed by atoms with Crippen LogP contribution in [0.25, 0.3) is 5.69 Å². The number of carbonyl (C=O) groups excluding carboxylic acids is 1. The second-order valence-corrected chi connectivity index (χ2v) is 7.69. The number of aryl methyl sites for hydroxylation is 2. The molecule has 156 valence electrons. The molecule has 4 nitrogen and oxygen atoms in total. The first-order chi connectivity index (χ1) is 14.2. The number of alkyl halides is 3. The van der Waals surface area contributed by atoms with Gasteiger partial charge in [0.25, 0.3) is 5.91 Å². The molecule has 1 aliphatic rings. The molecule has 0 aliphatic heterocycles. The number of fused-ring (bicyclic) bond motifs is 1. The van der Waals surface area contributed by atoms with Crippen LogP contribution < -0.4 is 5.32 Å². The maximum absolute atomic E-state index is 13.4. The molecule has 1 aliphatic carbocycles. The minimum atomic E-state index is -4.47. The third-order valence-electron chi connectivity index (χ3n) is 5.59. The largest absolute Gasteiger partial charge is 0.435 e. The Labute approximate surface area is 172 Å². The van der Waals surface area contributed by atoms with E-state index in [1.54, 1.807) is 24.3 Å². The van der Waals surface area contributed by atoms with Crippen molar-refractivity contribution in [3.63, 3.8) is 0 Å². The van der Waals surface area contributed by atoms with Crippen LogP contribution in [0.15, 0.2) is 42.5 Å². The van der Waals surface area contributed by atoms with Crippen molar-refractivity contribution in [2.75, 3.05) is 5.32 Å². The second kappa shape index (κ2) is 7.63. The minimum Gasteiger partial charge on any atom is -0.322 e. The lowest BCUT2D eigenvalue weighted by atomic mass is 9.95. The van der Waals surface area contributed by atoms with Crippen LogP contribution in [0, 0.1) is 13.8 Å². The summed E-state index contributed by atoms with van der Waals surface area (Å²) >= 11 is 0. The molecule has 1 N–H and O–H groups in total. The molecule has 0 bridgehead atoms. The lowest BCUT2D eigenvalue weighted by molar-refractivity contribution is -0.142. The lowest BCUT2D eigenvalue weighted by Crippen LogP contribution is -2.12. The highest BCUT2D eigenvalue weighted by Gasteiger charge is 2.39. The van der Waals surface area contributed by atoms with Crippen molar-refractivity contribution < 1.29 is 18.0 Å². The van der Waals surface area contributed by atoms with Crippen molar-refractivity contribution in [2.24, 2.45) is 0 Å². The quantitative estimate of drug-likeness (QED) is 0.604. The molecule has 1 heterocycles. The topological polar surface area (TPSA) is 46.9 Å². The van der Waals surface area contributed by atoms with E-state index in [4.69, 9.17) is 0 Å². The summed E-state index contributed by atoms with van der Waals surface area (Å²) in [5.74, 6) is -0.275. The van der Waals surface area contributed by atoms with Gasteiger partial charge in [0.05, 0.1) is 5.69 Å². The number of carbonyl (C=O) groups is 1. The van der Waals surface area contributed by atoms with Gasteiger partial charge in [0, 0.05) is 22.5 Å². The maximum atomic E-state index is 13.4. The number of nitrogens with one attached hydrogen (secondary N) is 1. The van der Waals surface area contributed by atoms with Crippen molar-refractivity contribution in [3.05, 3.63) is 76.1 Å². The number of hydrogen-bond acceptors (Lipinski definition) is 2. The molecule has 1 aromatic heterocycles. The van der Waals surface area contributed by atoms with E-state index in [0.29, 0.717) is 41.0 Å². The Morgan fingerprint density at radius 1 is 1.00 bits per heavy atom. The highest BCUT2D eigenvalue weighted by atomic mass is 19.4. The van der Waals surface area contributed by atoms with Crippen molar-refractivity contribution in [1.29, 1.82) is 0 Å². The van der Waals surface area contributed by atoms with Gasteiger partial charge in [-0.3, -0.25) is 4.79 Å². The summed E-state index contributed by atoms with van der Waals surface area (Å²) in [6.45, 7) is 3.97. The Morgan fingerprint density at radius 2 is 1.70 bits per heavy atom. The highest BCUT2D eigenvalue weighted by molar-refractivity contribution is 6.04. The summed E-state index contributed by atoms with van der Waals surface area (Å²) in [6.07, 6.45) is -1.95. The average Bonchev–Trinajstić information content (AvgIpc) is 3.11. The van der Waals surface area contributed by atoms with Crippen LogP contribution in [0.4, 0.5) is 18.9 Å². The van der Waals surface area contributed by atoms with Gasteiger partial charge in [-0.25, -0.2) is 4.68 Å². The van der Waals surface area contributed by atoms with E-state index in [2.05, 4.69) is 10.4 Å². The van der Waals surface area contributed by atoms with Crippen LogP contribution >= 0.6 is 0 Å². The van der Waals surface area contributed by atoms with Gasteiger partial charge in [0.1, 0.15) is 0 Å². The summed E-state index contributed by atoms with van der Waals surface area (Å²) < 4.78 is 41.6. The maximum Gasteiger partial charge on any atom is 0.435 e. The van der Waals surface area contributed by atoms with E-state index in [1.165, 1.54) is 4.68 Å². The number of hydrogen-bond donors (Lipinski definition) is 1. The molecular formula is C23H22F3N3O. The normalized spacial score (nSPS) is 13.8. The molecule has 0 saturated heterocycles. The van der Waals surface area contributed by atoms with Crippen LogP contribution in [0.5, 0.6) is 0 Å². The zero-order chi connectivity index (χ0) is 21.5. The number of amides is 1. The van der Waals surface area contributed by atoms with Crippen molar-refractivity contribution in [3.8, 4) is 5.69 Å². The molecule has 7 heteroatoms. The van der Waals surface area contributed by atoms with Gasteiger partial charge >= 0.3 is 6.18 Å². The monoisotopic (exact) mass is 413 g/mol. The molecule has 0 atom stereocenters. The van der Waals surface area contributed by atoms with Gasteiger partial charge < -0.3 is 5.32 Å². The van der Waals surface area contributed by atoms with Gasteiger partial charge in [-0.05, 0) is 87.1 Å². The van der Waals surface area contributed by atoms with Gasteiger partial charge in [-0.15, -0.1) is 0 Å². The number of nitrogens with zero attached hydrogens (tertiary/aromatic N) is 2. The molecule has 4 rings (SSSR count). The number of halogens is 3. The Hall–Kier alpha value is -3.09. The fraction of sp³-hybridized carbons (Fsp3) is 0.304. The van der Waals surface area contributed by atoms with Gasteiger partial charge in [-0.1, -0.05) is 6.07 Å². The van der Waals surface area contributed by atoms with E-state index in [-0.39, 0.29) is 5.91 Å². The number of anilines is 1. The molecule has 0 unspecified atom stereocenters. The molecule has 2 aromatic carbocycles. The van der Waals surface area contributed by atoms with Crippen LogP contribution in [0.3, 0.4) is 0 Å². The molecule has 0 spiro atoms. The van der Waals surface area contributed by atoms with Crippen LogP contribution in [-0.2, 0) is 19.0 Å². The lowest BCUT2D eigenvalue weighted by Gasteiger charge is -2.15. The Kier molecular flexibility index (Phi) is 5.13. The zero-order valence-electron chi connectivity index (χ0n) is 16.8. The number of aromatic nitrogens is 2. The SMILES string of the molecule is Cc1ccc(NC(=O)c2ccc(-n3nc(C(F)(F)F)c4c3CCCC4)cc2)cc1C. The molecule has 0 saturated carbocycles. The van der Waals surface area contributed by atoms with E-state index in [1.807, 2.05) is 32.0 Å². The fourth-order valence-electron chi connectivity index (χ4n) is 3.82. The first-order valence-electron chi connectivity index (χ1n) is 9.91. The number of benzene rings is 2. The standard InChI is InChI=1S/C23H22F3N3O/c1-14-7-10-17(13-15(14)2)27-22(30)16-8-11-18(12-9-16)29-20-6-4-3-5-19(20)21(28-29)23(24,25)26/h7-13H,3-6H2,1-2H3,(H,27,30). The van der Waals surface area contributed by atoms with Crippen molar-refractivity contribution >= 4 is 11.6 Å². The third-order valence-corrected chi connectivity index (χ3v) is 5.59. The summed E-state index contributed by atoms with van der Waals surface area (Å²) in [7, 11) is 0. The summed E-state index contributed by atoms with van der Waals surface area (Å²) in [5, 5.41) is 6.73. The smallest absolute Gasteiger partial charge is 0.322 e. The molecule has 3 aromatic rings. The molecule has 1 amide bonds. The fourth-order valence-corrected chi connectivity index (χ4v) is 3.82. The molecular weight excluding hydrogens is 391 g/mol. The van der Waals surface area contributed by atoms with Crippen molar-refractivity contribution in [1.82, 2.24) is 9.78 Å². The molecule has 30 heavy (non-hydrogen) atoms. The van der Waals surface area contributed by atoms with Crippen molar-refractivity contribution in [2.45, 2.75) is 45.7 Å². The first-order valence-corrected chi connectivity index (χ1v) is 9.91. The van der Waals surface area contributed by atoms with E-state index < -0.39 is 11.9 Å². The van der Waals surface area contributed by atoms with E-state index >= 15 is 0 Å². The second-order valence-electron chi connectivity index (χ2n) is 7.69. The predicted octanol–water partition coefficient (Wildman–Crippen LogP) is 5.64. The Morgan fingerprint density at radius 3 is 2.37 bits per heavy atom. The predicted molar refractivity (Wildman–Crippen MR) is 109 cm³/mol. The minimum absolute atomic E-state index is 0.275. The Balaban J connectivity index is 1.60. The van der Waals surface area contributed by atoms with Crippen LogP contribution in [0.2, 0.25) is 0 Å². The summed E-state index contributed by atoms with van der Waals surface area (Å²) in [4.78, 5) is 12.5. The van der Waals surface area contributed by atoms with Gasteiger partial charge in [-0.2, -0.15) is 18.3 Å². The van der Waals surface area contributed by atoms with Crippen LogP contribution in [-0.4, -0.2) is 15.7 Å². The average molecular weight is 413 g/mol. The summed E-state index contributed by atoms with van der Waals surface area (Å²) in [5.41, 5.74) is 3.97. The van der Waals surface area contributed by atoms with E-state index in [0.717, 1.165) is 24.0 Å². The van der Waals surface area contributed by atoms with Gasteiger partial charge in [0.15, 0.2) is 5.69 Å². The van der Waals surface area contributed by atoms with E-state index in [9.17, 15) is 18.0 Å². The highest BCUT2D eigenvalue weighted by Crippen LogP contribution is 2.36. The first kappa shape index (κ1) is 20.2. The third kappa shape index (κ3) is 3.84. The van der Waals surface area contributed by atoms with Crippen LogP contribution in [0.1, 0.15) is 51.3 Å². The molecule has 0 fully saturated rings. The number of rotatable bonds is 3. The molecule has 0 radical (unpaired) electrons.